The fourth-order valence-electron chi connectivity index (χ4n) is 6.04. The number of carbonyl (C=O) groups is 2. The predicted octanol–water partition coefficient (Wildman–Crippen LogP) is -3.72. The van der Waals surface area contributed by atoms with Crippen LogP contribution in [0.15, 0.2) is 23.3 Å². The van der Waals surface area contributed by atoms with Crippen molar-refractivity contribution in [1.82, 2.24) is 29.9 Å². The number of rotatable bonds is 15. The number of aliphatic hydroxyl groups is 6. The molecule has 2 aromatic heterocycles. The fraction of sp³-hybridized carbons (Fsp3) is 0.714. The molecule has 2 aliphatic rings. The summed E-state index contributed by atoms with van der Waals surface area (Å²) in [7, 11) is -5.58. The van der Waals surface area contributed by atoms with Gasteiger partial charge in [0.05, 0.1) is 31.5 Å². The molecule has 292 valence electrons. The quantitative estimate of drug-likeness (QED) is 0.0779. The third-order valence-corrected chi connectivity index (χ3v) is 9.40. The van der Waals surface area contributed by atoms with Crippen LogP contribution in [-0.2, 0) is 44.8 Å². The van der Waals surface area contributed by atoms with Gasteiger partial charge in [-0.3, -0.25) is 13.9 Å². The Bertz CT molecular complexity index is 1690. The molecular formula is C28H44N7O16P. The van der Waals surface area contributed by atoms with Gasteiger partial charge in [0.2, 0.25) is 5.91 Å². The molecule has 52 heavy (non-hydrogen) atoms. The number of amides is 1. The summed E-state index contributed by atoms with van der Waals surface area (Å²) in [6, 6.07) is -0.389. The van der Waals surface area contributed by atoms with Gasteiger partial charge in [-0.15, -0.1) is 5.10 Å². The Morgan fingerprint density at radius 2 is 1.92 bits per heavy atom. The van der Waals surface area contributed by atoms with Crippen molar-refractivity contribution in [3.8, 4) is 0 Å². The van der Waals surface area contributed by atoms with E-state index in [1.54, 1.807) is 0 Å². The van der Waals surface area contributed by atoms with E-state index >= 15 is 0 Å². The van der Waals surface area contributed by atoms with Gasteiger partial charge in [0, 0.05) is 19.5 Å². The number of nitrogens with zero attached hydrogens (tertiary/aromatic N) is 5. The van der Waals surface area contributed by atoms with Gasteiger partial charge in [0.1, 0.15) is 53.7 Å². The molecule has 1 amide bonds. The van der Waals surface area contributed by atoms with E-state index in [4.69, 9.17) is 24.3 Å². The van der Waals surface area contributed by atoms with Crippen LogP contribution in [0.4, 0.5) is 5.82 Å². The number of anilines is 1. The second kappa shape index (κ2) is 15.9. The summed E-state index contributed by atoms with van der Waals surface area (Å²) < 4.78 is 35.7. The number of phosphoric acid groups is 1. The van der Waals surface area contributed by atoms with Crippen molar-refractivity contribution in [3.05, 3.63) is 34.6 Å². The van der Waals surface area contributed by atoms with Crippen LogP contribution < -0.4 is 16.7 Å². The molecule has 0 radical (unpaired) electrons. The Balaban J connectivity index is 1.51. The molecule has 11 N–H and O–H groups in total. The minimum atomic E-state index is -5.58. The Labute approximate surface area is 295 Å². The number of ether oxygens (including phenoxy) is 2. The summed E-state index contributed by atoms with van der Waals surface area (Å²) >= 11 is 0. The molecule has 2 fully saturated rings. The maximum Gasteiger partial charge on any atom is 0.475 e. The molecule has 2 unspecified atom stereocenters. The van der Waals surface area contributed by atoms with Crippen LogP contribution in [0.2, 0.25) is 0 Å². The van der Waals surface area contributed by atoms with E-state index in [0.29, 0.717) is 6.42 Å². The van der Waals surface area contributed by atoms with Gasteiger partial charge in [-0.2, -0.15) is 4.98 Å². The lowest BCUT2D eigenvalue weighted by molar-refractivity contribution is -0.288. The highest BCUT2D eigenvalue weighted by Gasteiger charge is 2.59. The minimum absolute atomic E-state index is 0.0813. The van der Waals surface area contributed by atoms with Gasteiger partial charge in [-0.05, 0) is 25.3 Å². The van der Waals surface area contributed by atoms with Crippen LogP contribution in [0.25, 0.3) is 0 Å². The van der Waals surface area contributed by atoms with Gasteiger partial charge < -0.3 is 61.2 Å². The number of hydrogen-bond acceptors (Lipinski definition) is 18. The molecule has 24 heteroatoms. The van der Waals surface area contributed by atoms with Gasteiger partial charge in [-0.25, -0.2) is 23.4 Å². The highest BCUT2D eigenvalue weighted by atomic mass is 31.2. The van der Waals surface area contributed by atoms with Crippen LogP contribution in [0, 0.1) is 5.92 Å². The van der Waals surface area contributed by atoms with Crippen LogP contribution in [0.3, 0.4) is 0 Å². The number of phosphoric ester groups is 1. The van der Waals surface area contributed by atoms with Gasteiger partial charge in [0.15, 0.2) is 6.23 Å². The van der Waals surface area contributed by atoms with Crippen LogP contribution in [0.1, 0.15) is 52.5 Å². The summed E-state index contributed by atoms with van der Waals surface area (Å²) in [5, 5.41) is 85.0. The Kier molecular flexibility index (Phi) is 12.6. The first-order chi connectivity index (χ1) is 24.1. The van der Waals surface area contributed by atoms with Crippen molar-refractivity contribution >= 4 is 25.5 Å². The van der Waals surface area contributed by atoms with Crippen LogP contribution in [-0.4, -0.2) is 138 Å². The summed E-state index contributed by atoms with van der Waals surface area (Å²) in [6.45, 7) is 4.77. The average molecular weight is 766 g/mol. The lowest BCUT2D eigenvalue weighted by Gasteiger charge is -2.46. The van der Waals surface area contributed by atoms with E-state index in [-0.39, 0.29) is 17.4 Å². The van der Waals surface area contributed by atoms with E-state index < -0.39 is 111 Å². The number of aliphatic carboxylic acids is 1. The number of carboxylic acid groups (broad SMARTS) is 1. The van der Waals surface area contributed by atoms with E-state index in [2.05, 4.69) is 20.6 Å². The largest absolute Gasteiger partial charge is 0.477 e. The summed E-state index contributed by atoms with van der Waals surface area (Å²) in [6.07, 6.45) is -13.0. The topological polar surface area (TPSA) is 354 Å². The first-order valence-electron chi connectivity index (χ1n) is 16.0. The third kappa shape index (κ3) is 9.37. The smallest absolute Gasteiger partial charge is 0.475 e. The average Bonchev–Trinajstić information content (AvgIpc) is 3.60. The molecule has 12 atom stereocenters. The number of aliphatic hydroxyl groups excluding tert-OH is 5. The summed E-state index contributed by atoms with van der Waals surface area (Å²) in [5.41, 5.74) is 3.27. The van der Waals surface area contributed by atoms with Crippen molar-refractivity contribution < 1.29 is 73.3 Å². The number of nitrogens with two attached hydrogens (primary N) is 1. The molecule has 2 aromatic rings. The minimum Gasteiger partial charge on any atom is -0.477 e. The SMILES string of the molecule is CC(=O)N[C@H]1[C@H]([C@H](O)[C@H](O)Cn2cc(C(C)(O)CC(C)C)nn2)O[C@](OP(=O)(O)OC[C@H]2O[C@@H](n3ccc(N)nc3=O)[C@H](O)[C@@H]2O)(C(=O)O)C[C@@H]1O. The molecular weight excluding hydrogens is 721 g/mol. The van der Waals surface area contributed by atoms with Crippen molar-refractivity contribution in [1.29, 1.82) is 0 Å². The molecule has 0 aliphatic carbocycles. The molecule has 0 spiro atoms. The van der Waals surface area contributed by atoms with Gasteiger partial charge in [-0.1, -0.05) is 19.1 Å². The molecule has 0 bridgehead atoms. The number of nitrogens with one attached hydrogen (secondary N) is 1. The normalized spacial score (nSPS) is 31.4. The Morgan fingerprint density at radius 1 is 1.25 bits per heavy atom. The lowest BCUT2D eigenvalue weighted by atomic mass is 9.88. The lowest BCUT2D eigenvalue weighted by Crippen LogP contribution is -2.67. The Morgan fingerprint density at radius 3 is 2.52 bits per heavy atom. The number of carbonyl (C=O) groups excluding carboxylic acids is 1. The first kappa shape index (κ1) is 41.3. The number of carboxylic acids is 1. The molecule has 2 saturated heterocycles. The zero-order valence-corrected chi connectivity index (χ0v) is 29.3. The van der Waals surface area contributed by atoms with Gasteiger partial charge >= 0.3 is 19.5 Å². The first-order valence-corrected chi connectivity index (χ1v) is 17.4. The van der Waals surface area contributed by atoms with E-state index in [0.717, 1.165) is 22.4 Å². The summed E-state index contributed by atoms with van der Waals surface area (Å²) in [4.78, 5) is 50.8. The van der Waals surface area contributed by atoms with E-state index in [1.165, 1.54) is 19.2 Å². The zero-order valence-electron chi connectivity index (χ0n) is 28.4. The maximum absolute atomic E-state index is 13.1. The van der Waals surface area contributed by atoms with Crippen LogP contribution >= 0.6 is 7.82 Å². The highest BCUT2D eigenvalue weighted by Crippen LogP contribution is 2.51. The van der Waals surface area contributed by atoms with Crippen molar-refractivity contribution in [2.24, 2.45) is 5.92 Å². The number of aromatic nitrogens is 5. The highest BCUT2D eigenvalue weighted by molar-refractivity contribution is 7.47. The molecule has 2 aliphatic heterocycles. The fourth-order valence-corrected chi connectivity index (χ4v) is 7.00. The third-order valence-electron chi connectivity index (χ3n) is 8.40. The Hall–Kier alpha value is -3.45. The zero-order chi connectivity index (χ0) is 38.9. The van der Waals surface area contributed by atoms with Crippen molar-refractivity contribution in [2.75, 3.05) is 12.3 Å². The van der Waals surface area contributed by atoms with Crippen LogP contribution in [0.5, 0.6) is 0 Å². The number of hydrogen-bond donors (Lipinski definition) is 10. The van der Waals surface area contributed by atoms with Crippen molar-refractivity contribution in [2.45, 2.75) is 113 Å². The molecule has 0 aromatic carbocycles. The standard InChI is InChI=1S/C28H44N7O16P/c1-12(2)7-27(4,45)17-10-34(33-32-17)9-15(38)20(39)23-19(30-13(3)36)14(37)8-28(50-23,25(42)43)51-52(46,47)48-11-16-21(40)22(41)24(49-16)35-6-5-18(29)31-26(35)44/h5-6,10,12,14-16,19-24,37-41,45H,7-9,11H2,1-4H3,(H,30,36)(H,42,43)(H,46,47)(H2,29,31,44)/t14-,15+,16+,19+,20+,21+,22+,23+,24+,27?,28+/m0/s1. The predicted molar refractivity (Wildman–Crippen MR) is 170 cm³/mol. The molecule has 4 rings (SSSR count). The van der Waals surface area contributed by atoms with E-state index in [9.17, 15) is 59.6 Å². The van der Waals surface area contributed by atoms with E-state index in [1.807, 2.05) is 13.8 Å². The van der Waals surface area contributed by atoms with Crippen molar-refractivity contribution in [3.63, 3.8) is 0 Å². The molecule has 0 saturated carbocycles. The monoisotopic (exact) mass is 765 g/mol. The summed E-state index contributed by atoms with van der Waals surface area (Å²) in [5.74, 6) is -6.16. The molecule has 4 heterocycles. The number of nitrogen functional groups attached to an aromatic ring is 1. The van der Waals surface area contributed by atoms with Gasteiger partial charge in [0.25, 0.3) is 5.79 Å². The second-order valence-corrected chi connectivity index (χ2v) is 14.7. The second-order valence-electron chi connectivity index (χ2n) is 13.3. The molecule has 23 nitrogen and oxygen atoms in total. The maximum atomic E-state index is 13.1.